The van der Waals surface area contributed by atoms with Gasteiger partial charge in [0.25, 0.3) is 0 Å². The fourth-order valence-corrected chi connectivity index (χ4v) is 3.79. The summed E-state index contributed by atoms with van der Waals surface area (Å²) in [6, 6.07) is 9.20. The van der Waals surface area contributed by atoms with Gasteiger partial charge in [0.05, 0.1) is 12.7 Å². The van der Waals surface area contributed by atoms with E-state index in [2.05, 4.69) is 38.1 Å². The van der Waals surface area contributed by atoms with Crippen LogP contribution in [0, 0.1) is 5.92 Å². The molecule has 1 aliphatic heterocycles. The second kappa shape index (κ2) is 11.7. The highest BCUT2D eigenvalue weighted by Gasteiger charge is 2.22. The summed E-state index contributed by atoms with van der Waals surface area (Å²) in [6.45, 7) is 5.51. The average Bonchev–Trinajstić information content (AvgIpc) is 2.64. The Morgan fingerprint density at radius 2 is 1.54 bits per heavy atom. The maximum atomic E-state index is 6.19. The Morgan fingerprint density at radius 1 is 0.833 bits per heavy atom. The zero-order valence-electron chi connectivity index (χ0n) is 16.1. The zero-order valence-corrected chi connectivity index (χ0v) is 16.1. The second-order valence-corrected chi connectivity index (χ2v) is 7.67. The Labute approximate surface area is 150 Å². The number of hydrogen-bond donors (Lipinski definition) is 0. The van der Waals surface area contributed by atoms with Gasteiger partial charge in [0.1, 0.15) is 0 Å². The molecule has 1 saturated heterocycles. The Hall–Kier alpha value is -0.820. The van der Waals surface area contributed by atoms with Gasteiger partial charge < -0.3 is 4.74 Å². The van der Waals surface area contributed by atoms with E-state index in [4.69, 9.17) is 4.74 Å². The first kappa shape index (κ1) is 19.5. The summed E-state index contributed by atoms with van der Waals surface area (Å²) in [5, 5.41) is 0. The third-order valence-corrected chi connectivity index (χ3v) is 5.51. The highest BCUT2D eigenvalue weighted by atomic mass is 16.5. The van der Waals surface area contributed by atoms with Gasteiger partial charge in [-0.05, 0) is 49.1 Å². The lowest BCUT2D eigenvalue weighted by Gasteiger charge is -2.29. The molecule has 0 amide bonds. The van der Waals surface area contributed by atoms with Gasteiger partial charge >= 0.3 is 0 Å². The van der Waals surface area contributed by atoms with Crippen LogP contribution in [-0.2, 0) is 11.2 Å². The number of ether oxygens (including phenoxy) is 1. The minimum Gasteiger partial charge on any atom is -0.373 e. The van der Waals surface area contributed by atoms with E-state index in [-0.39, 0.29) is 0 Å². The fourth-order valence-electron chi connectivity index (χ4n) is 3.79. The van der Waals surface area contributed by atoms with Crippen LogP contribution in [0.5, 0.6) is 0 Å². The number of unbranched alkanes of at least 4 members (excludes halogenated alkanes) is 6. The molecule has 0 saturated carbocycles. The molecule has 0 bridgehead atoms. The summed E-state index contributed by atoms with van der Waals surface area (Å²) < 4.78 is 6.19. The van der Waals surface area contributed by atoms with Crippen LogP contribution in [0.3, 0.4) is 0 Å². The molecule has 0 aliphatic carbocycles. The van der Waals surface area contributed by atoms with Crippen LogP contribution in [0.4, 0.5) is 0 Å². The molecule has 0 aromatic heterocycles. The topological polar surface area (TPSA) is 9.23 Å². The second-order valence-electron chi connectivity index (χ2n) is 7.67. The van der Waals surface area contributed by atoms with E-state index in [0.717, 1.165) is 12.5 Å². The molecule has 2 rings (SSSR count). The molecule has 1 aromatic rings. The molecule has 0 radical (unpaired) electrons. The maximum Gasteiger partial charge on any atom is 0.0825 e. The summed E-state index contributed by atoms with van der Waals surface area (Å²) in [5.41, 5.74) is 2.85. The van der Waals surface area contributed by atoms with Crippen molar-refractivity contribution in [2.24, 2.45) is 5.92 Å². The molecule has 1 aliphatic rings. The van der Waals surface area contributed by atoms with Crippen LogP contribution < -0.4 is 0 Å². The summed E-state index contributed by atoms with van der Waals surface area (Å²) in [5.74, 6) is 0.802. The Bertz CT molecular complexity index is 414. The number of hydrogen-bond acceptors (Lipinski definition) is 1. The van der Waals surface area contributed by atoms with Crippen molar-refractivity contribution in [1.82, 2.24) is 0 Å². The quantitative estimate of drug-likeness (QED) is 0.388. The standard InChI is InChI=1S/C23H38O/c1-3-5-7-8-9-10-12-21-15-18-23(24-19-21)22-16-13-20(14-17-22)11-6-4-2/h13-14,16-17,21,23H,3-12,15,18-19H2,1-2H3. The van der Waals surface area contributed by atoms with E-state index in [9.17, 15) is 0 Å². The van der Waals surface area contributed by atoms with Gasteiger partial charge in [-0.2, -0.15) is 0 Å². The molecule has 0 spiro atoms. The summed E-state index contributed by atoms with van der Waals surface area (Å²) >= 11 is 0. The summed E-state index contributed by atoms with van der Waals surface area (Å²) in [6.07, 6.45) is 16.4. The molecule has 2 unspecified atom stereocenters. The van der Waals surface area contributed by atoms with E-state index >= 15 is 0 Å². The smallest absolute Gasteiger partial charge is 0.0825 e. The first-order chi connectivity index (χ1) is 11.8. The molecule has 136 valence electrons. The van der Waals surface area contributed by atoms with Gasteiger partial charge in [0.15, 0.2) is 0 Å². The number of benzene rings is 1. The van der Waals surface area contributed by atoms with Crippen molar-refractivity contribution in [3.8, 4) is 0 Å². The molecule has 1 heterocycles. The molecule has 1 fully saturated rings. The van der Waals surface area contributed by atoms with Crippen LogP contribution in [0.25, 0.3) is 0 Å². The molecular weight excluding hydrogens is 292 g/mol. The molecular formula is C23H38O. The van der Waals surface area contributed by atoms with Crippen molar-refractivity contribution in [2.45, 2.75) is 97.0 Å². The Morgan fingerprint density at radius 3 is 2.21 bits per heavy atom. The molecule has 24 heavy (non-hydrogen) atoms. The maximum absolute atomic E-state index is 6.19. The van der Waals surface area contributed by atoms with Crippen LogP contribution in [-0.4, -0.2) is 6.61 Å². The molecule has 1 aromatic carbocycles. The van der Waals surface area contributed by atoms with Crippen molar-refractivity contribution in [2.75, 3.05) is 6.61 Å². The summed E-state index contributed by atoms with van der Waals surface area (Å²) in [4.78, 5) is 0. The van der Waals surface area contributed by atoms with Crippen molar-refractivity contribution >= 4 is 0 Å². The van der Waals surface area contributed by atoms with Crippen LogP contribution >= 0.6 is 0 Å². The van der Waals surface area contributed by atoms with Gasteiger partial charge in [-0.1, -0.05) is 83.1 Å². The monoisotopic (exact) mass is 330 g/mol. The first-order valence-corrected chi connectivity index (χ1v) is 10.5. The van der Waals surface area contributed by atoms with Gasteiger partial charge in [-0.3, -0.25) is 0 Å². The zero-order chi connectivity index (χ0) is 17.0. The van der Waals surface area contributed by atoms with E-state index in [1.807, 2.05) is 0 Å². The Kier molecular flexibility index (Phi) is 9.50. The van der Waals surface area contributed by atoms with Crippen LogP contribution in [0.2, 0.25) is 0 Å². The predicted octanol–water partition coefficient (Wildman–Crippen LogP) is 7.25. The molecule has 2 atom stereocenters. The summed E-state index contributed by atoms with van der Waals surface area (Å²) in [7, 11) is 0. The SMILES string of the molecule is CCCCCCCCC1CCC(c2ccc(CCCC)cc2)OC1. The third-order valence-electron chi connectivity index (χ3n) is 5.51. The number of rotatable bonds is 11. The average molecular weight is 331 g/mol. The highest BCUT2D eigenvalue weighted by Crippen LogP contribution is 2.32. The molecule has 1 nitrogen and oxygen atoms in total. The first-order valence-electron chi connectivity index (χ1n) is 10.5. The van der Waals surface area contributed by atoms with Gasteiger partial charge in [-0.15, -0.1) is 0 Å². The lowest BCUT2D eigenvalue weighted by Crippen LogP contribution is -2.20. The van der Waals surface area contributed by atoms with E-state index in [0.29, 0.717) is 6.10 Å². The minimum atomic E-state index is 0.339. The lowest BCUT2D eigenvalue weighted by atomic mass is 9.90. The minimum absolute atomic E-state index is 0.339. The molecule has 1 heteroatoms. The van der Waals surface area contributed by atoms with Gasteiger partial charge in [0.2, 0.25) is 0 Å². The predicted molar refractivity (Wildman–Crippen MR) is 104 cm³/mol. The van der Waals surface area contributed by atoms with Gasteiger partial charge in [0, 0.05) is 0 Å². The van der Waals surface area contributed by atoms with Crippen molar-refractivity contribution in [1.29, 1.82) is 0 Å². The largest absolute Gasteiger partial charge is 0.373 e. The van der Waals surface area contributed by atoms with Crippen LogP contribution in [0.15, 0.2) is 24.3 Å². The van der Waals surface area contributed by atoms with E-state index in [1.165, 1.54) is 88.2 Å². The third kappa shape index (κ3) is 6.97. The fraction of sp³-hybridized carbons (Fsp3) is 0.739. The van der Waals surface area contributed by atoms with Crippen LogP contribution in [0.1, 0.15) is 102 Å². The normalized spacial score (nSPS) is 21.1. The lowest BCUT2D eigenvalue weighted by molar-refractivity contribution is -0.0199. The Balaban J connectivity index is 1.63. The van der Waals surface area contributed by atoms with Gasteiger partial charge in [-0.25, -0.2) is 0 Å². The molecule has 0 N–H and O–H groups in total. The van der Waals surface area contributed by atoms with E-state index in [1.54, 1.807) is 0 Å². The van der Waals surface area contributed by atoms with Crippen molar-refractivity contribution in [3.63, 3.8) is 0 Å². The van der Waals surface area contributed by atoms with Crippen molar-refractivity contribution < 1.29 is 4.74 Å². The highest BCUT2D eigenvalue weighted by molar-refractivity contribution is 5.24. The number of aryl methyl sites for hydroxylation is 1. The van der Waals surface area contributed by atoms with Crippen molar-refractivity contribution in [3.05, 3.63) is 35.4 Å². The van der Waals surface area contributed by atoms with E-state index < -0.39 is 0 Å².